The van der Waals surface area contributed by atoms with Crippen molar-refractivity contribution in [3.63, 3.8) is 0 Å². The van der Waals surface area contributed by atoms with Crippen molar-refractivity contribution in [1.29, 1.82) is 0 Å². The molecule has 0 saturated heterocycles. The minimum atomic E-state index is -0.152. The molecule has 0 unspecified atom stereocenters. The second kappa shape index (κ2) is 5.09. The topological polar surface area (TPSA) is 55.0 Å². The fourth-order valence-corrected chi connectivity index (χ4v) is 2.46. The fraction of sp³-hybridized carbons (Fsp3) is 0.0667. The molecule has 0 saturated carbocycles. The molecular formula is C15H11BrN2O2. The predicted octanol–water partition coefficient (Wildman–Crippen LogP) is 3.36. The maximum Gasteiger partial charge on any atom is 0.259 e. The molecule has 1 N–H and O–H groups in total. The second-order valence-electron chi connectivity index (χ2n) is 4.28. The van der Waals surface area contributed by atoms with Gasteiger partial charge in [0.05, 0.1) is 18.0 Å². The van der Waals surface area contributed by atoms with Crippen LogP contribution in [0.25, 0.3) is 22.3 Å². The molecule has 0 radical (unpaired) electrons. The molecular weight excluding hydrogens is 320 g/mol. The van der Waals surface area contributed by atoms with Gasteiger partial charge in [0.15, 0.2) is 0 Å². The van der Waals surface area contributed by atoms with E-state index in [1.54, 1.807) is 13.2 Å². The number of para-hydroxylation sites is 1. The van der Waals surface area contributed by atoms with Gasteiger partial charge < -0.3 is 9.72 Å². The van der Waals surface area contributed by atoms with E-state index in [-0.39, 0.29) is 5.56 Å². The van der Waals surface area contributed by atoms with E-state index >= 15 is 0 Å². The Labute approximate surface area is 123 Å². The Morgan fingerprint density at radius 1 is 1.20 bits per heavy atom. The number of hydrogen-bond donors (Lipinski definition) is 1. The Hall–Kier alpha value is -2.14. The minimum Gasteiger partial charge on any atom is -0.497 e. The zero-order chi connectivity index (χ0) is 14.1. The quantitative estimate of drug-likeness (QED) is 0.783. The maximum absolute atomic E-state index is 12.1. The molecule has 0 aliphatic heterocycles. The van der Waals surface area contributed by atoms with Crippen molar-refractivity contribution in [2.45, 2.75) is 0 Å². The first kappa shape index (κ1) is 12.9. The number of nitrogens with zero attached hydrogens (tertiary/aromatic N) is 1. The van der Waals surface area contributed by atoms with Crippen molar-refractivity contribution in [2.24, 2.45) is 0 Å². The summed E-state index contributed by atoms with van der Waals surface area (Å²) in [7, 11) is 1.60. The van der Waals surface area contributed by atoms with Crippen LogP contribution in [-0.4, -0.2) is 17.1 Å². The van der Waals surface area contributed by atoms with Crippen LogP contribution in [0.4, 0.5) is 0 Å². The number of aromatic nitrogens is 2. The molecule has 3 aromatic rings. The second-order valence-corrected chi connectivity index (χ2v) is 5.13. The molecule has 0 aliphatic carbocycles. The smallest absolute Gasteiger partial charge is 0.259 e. The number of aromatic amines is 1. The summed E-state index contributed by atoms with van der Waals surface area (Å²) < 4.78 is 6.05. The average Bonchev–Trinajstić information content (AvgIpc) is 2.48. The zero-order valence-corrected chi connectivity index (χ0v) is 12.3. The molecule has 2 aromatic carbocycles. The van der Waals surface area contributed by atoms with Crippen LogP contribution in [0.15, 0.2) is 51.7 Å². The number of benzene rings is 2. The van der Waals surface area contributed by atoms with E-state index in [1.807, 2.05) is 36.4 Å². The molecule has 1 heterocycles. The summed E-state index contributed by atoms with van der Waals surface area (Å²) in [5.74, 6) is 1.22. The first-order chi connectivity index (χ1) is 9.69. The van der Waals surface area contributed by atoms with E-state index < -0.39 is 0 Å². The van der Waals surface area contributed by atoms with Gasteiger partial charge in [-0.1, -0.05) is 28.1 Å². The Balaban J connectivity index is 2.27. The number of hydrogen-bond acceptors (Lipinski definition) is 3. The van der Waals surface area contributed by atoms with Crippen LogP contribution in [0.2, 0.25) is 0 Å². The summed E-state index contributed by atoms with van der Waals surface area (Å²) in [4.78, 5) is 19.4. The van der Waals surface area contributed by atoms with Gasteiger partial charge >= 0.3 is 0 Å². The first-order valence-corrected chi connectivity index (χ1v) is 6.81. The number of rotatable bonds is 2. The number of halogens is 1. The van der Waals surface area contributed by atoms with Crippen LogP contribution in [0.5, 0.6) is 5.75 Å². The van der Waals surface area contributed by atoms with E-state index in [2.05, 4.69) is 25.9 Å². The van der Waals surface area contributed by atoms with Crippen LogP contribution < -0.4 is 10.3 Å². The van der Waals surface area contributed by atoms with Gasteiger partial charge in [0.1, 0.15) is 11.6 Å². The Bertz CT molecular complexity index is 843. The monoisotopic (exact) mass is 330 g/mol. The highest BCUT2D eigenvalue weighted by molar-refractivity contribution is 9.10. The summed E-state index contributed by atoms with van der Waals surface area (Å²) in [6.07, 6.45) is 0. The van der Waals surface area contributed by atoms with E-state index in [0.29, 0.717) is 22.5 Å². The summed E-state index contributed by atoms with van der Waals surface area (Å²) in [5.41, 5.74) is 1.30. The van der Waals surface area contributed by atoms with E-state index in [0.717, 1.165) is 10.0 Å². The lowest BCUT2D eigenvalue weighted by Crippen LogP contribution is -2.09. The van der Waals surface area contributed by atoms with Crippen LogP contribution >= 0.6 is 15.9 Å². The lowest BCUT2D eigenvalue weighted by molar-refractivity contribution is 0.415. The molecule has 0 fully saturated rings. The molecule has 0 amide bonds. The van der Waals surface area contributed by atoms with Crippen molar-refractivity contribution in [3.8, 4) is 17.1 Å². The van der Waals surface area contributed by atoms with E-state index in [4.69, 9.17) is 4.74 Å². The molecule has 0 bridgehead atoms. The Morgan fingerprint density at radius 3 is 2.80 bits per heavy atom. The van der Waals surface area contributed by atoms with Gasteiger partial charge in [-0.15, -0.1) is 0 Å². The average molecular weight is 331 g/mol. The number of fused-ring (bicyclic) bond motifs is 1. The SMILES string of the molecule is COc1ccc(Br)c(-c2nc3ccccc3c(=O)[nH]2)c1. The highest BCUT2D eigenvalue weighted by atomic mass is 79.9. The van der Waals surface area contributed by atoms with Gasteiger partial charge in [-0.25, -0.2) is 4.98 Å². The number of nitrogens with one attached hydrogen (secondary N) is 1. The molecule has 3 rings (SSSR count). The van der Waals surface area contributed by atoms with Crippen molar-refractivity contribution in [1.82, 2.24) is 9.97 Å². The highest BCUT2D eigenvalue weighted by Gasteiger charge is 2.09. The molecule has 100 valence electrons. The molecule has 20 heavy (non-hydrogen) atoms. The number of H-pyrrole nitrogens is 1. The van der Waals surface area contributed by atoms with Gasteiger partial charge in [0.2, 0.25) is 0 Å². The summed E-state index contributed by atoms with van der Waals surface area (Å²) in [6, 6.07) is 12.8. The van der Waals surface area contributed by atoms with Crippen molar-refractivity contribution in [2.75, 3.05) is 7.11 Å². The predicted molar refractivity (Wildman–Crippen MR) is 82.1 cm³/mol. The van der Waals surface area contributed by atoms with Gasteiger partial charge in [0, 0.05) is 10.0 Å². The number of ether oxygens (including phenoxy) is 1. The molecule has 0 aliphatic rings. The first-order valence-electron chi connectivity index (χ1n) is 6.02. The lowest BCUT2D eigenvalue weighted by atomic mass is 10.2. The summed E-state index contributed by atoms with van der Waals surface area (Å²) in [5, 5.41) is 0.579. The van der Waals surface area contributed by atoms with Crippen LogP contribution in [-0.2, 0) is 0 Å². The third-order valence-electron chi connectivity index (χ3n) is 3.04. The van der Waals surface area contributed by atoms with Crippen molar-refractivity contribution >= 4 is 26.8 Å². The largest absolute Gasteiger partial charge is 0.497 e. The molecule has 5 heteroatoms. The van der Waals surface area contributed by atoms with Crippen molar-refractivity contribution < 1.29 is 4.74 Å². The van der Waals surface area contributed by atoms with E-state index in [1.165, 1.54) is 0 Å². The van der Waals surface area contributed by atoms with Crippen molar-refractivity contribution in [3.05, 3.63) is 57.3 Å². The zero-order valence-electron chi connectivity index (χ0n) is 10.7. The lowest BCUT2D eigenvalue weighted by Gasteiger charge is -2.07. The molecule has 1 aromatic heterocycles. The summed E-state index contributed by atoms with van der Waals surface area (Å²) >= 11 is 3.47. The third-order valence-corrected chi connectivity index (χ3v) is 3.73. The normalized spacial score (nSPS) is 10.7. The Morgan fingerprint density at radius 2 is 2.00 bits per heavy atom. The summed E-state index contributed by atoms with van der Waals surface area (Å²) in [6.45, 7) is 0. The standard InChI is InChI=1S/C15H11BrN2O2/c1-20-9-6-7-12(16)11(8-9)14-17-13-5-3-2-4-10(13)15(19)18-14/h2-8H,1H3,(H,17,18,19). The minimum absolute atomic E-state index is 0.152. The third kappa shape index (κ3) is 2.20. The Kier molecular flexibility index (Phi) is 3.28. The fourth-order valence-electron chi connectivity index (χ4n) is 2.03. The maximum atomic E-state index is 12.1. The van der Waals surface area contributed by atoms with Gasteiger partial charge in [-0.3, -0.25) is 4.79 Å². The van der Waals surface area contributed by atoms with E-state index in [9.17, 15) is 4.79 Å². The van der Waals surface area contributed by atoms with Gasteiger partial charge in [-0.2, -0.15) is 0 Å². The highest BCUT2D eigenvalue weighted by Crippen LogP contribution is 2.29. The van der Waals surface area contributed by atoms with Crippen LogP contribution in [0.1, 0.15) is 0 Å². The molecule has 0 spiro atoms. The number of methoxy groups -OCH3 is 1. The van der Waals surface area contributed by atoms with Gasteiger partial charge in [-0.05, 0) is 30.3 Å². The molecule has 4 nitrogen and oxygen atoms in total. The van der Waals surface area contributed by atoms with Gasteiger partial charge in [0.25, 0.3) is 5.56 Å². The molecule has 0 atom stereocenters. The van der Waals surface area contributed by atoms with Crippen LogP contribution in [0.3, 0.4) is 0 Å². The van der Waals surface area contributed by atoms with Crippen LogP contribution in [0, 0.1) is 0 Å².